The van der Waals surface area contributed by atoms with Crippen LogP contribution in [0.5, 0.6) is 0 Å². The maximum Gasteiger partial charge on any atom is 0.343 e. The summed E-state index contributed by atoms with van der Waals surface area (Å²) in [4.78, 5) is 16.1. The molecule has 0 bridgehead atoms. The summed E-state index contributed by atoms with van der Waals surface area (Å²) in [5.41, 5.74) is 0.642. The first-order chi connectivity index (χ1) is 12.7. The fourth-order valence-electron chi connectivity index (χ4n) is 2.65. The molecule has 0 amide bonds. The zero-order valence-electron chi connectivity index (χ0n) is 15.1. The topological polar surface area (TPSA) is 26.3 Å². The van der Waals surface area contributed by atoms with Gasteiger partial charge >= 0.3 is 5.97 Å². The summed E-state index contributed by atoms with van der Waals surface area (Å²) in [5, 5.41) is 0. The average molecular weight is 364 g/mol. The van der Waals surface area contributed by atoms with Crippen molar-refractivity contribution < 1.29 is 9.53 Å². The molecule has 0 aliphatic carbocycles. The van der Waals surface area contributed by atoms with Crippen LogP contribution >= 0.6 is 0 Å². The van der Waals surface area contributed by atoms with Gasteiger partial charge < -0.3 is 4.74 Å². The van der Waals surface area contributed by atoms with Gasteiger partial charge in [0.15, 0.2) is 14.7 Å². The quantitative estimate of drug-likeness (QED) is 0.412. The third kappa shape index (κ3) is 4.17. The van der Waals surface area contributed by atoms with Crippen LogP contribution in [0.1, 0.15) is 30.6 Å². The number of hydrogen-bond donors (Lipinski definition) is 0. The molecule has 0 spiro atoms. The largest absolute Gasteiger partial charge is 0.459 e. The number of benzene rings is 3. The molecule has 132 valence electrons. The third-order valence-electron chi connectivity index (χ3n) is 4.17. The van der Waals surface area contributed by atoms with Crippen molar-refractivity contribution in [1.29, 1.82) is 0 Å². The van der Waals surface area contributed by atoms with Crippen molar-refractivity contribution in [2.24, 2.45) is 0 Å². The van der Waals surface area contributed by atoms with Crippen LogP contribution in [0.4, 0.5) is 0 Å². The van der Waals surface area contributed by atoms with E-state index in [1.807, 2.05) is 74.5 Å². The third-order valence-corrected chi connectivity index (χ3v) is 6.45. The Morgan fingerprint density at radius 3 is 1.88 bits per heavy atom. The molecule has 3 aromatic carbocycles. The lowest BCUT2D eigenvalue weighted by molar-refractivity contribution is 0.0330. The van der Waals surface area contributed by atoms with Crippen LogP contribution in [0.3, 0.4) is 0 Å². The lowest BCUT2D eigenvalue weighted by Gasteiger charge is -2.14. The first-order valence-corrected chi connectivity index (χ1v) is 10.1. The average Bonchev–Trinajstić information content (AvgIpc) is 2.70. The Morgan fingerprint density at radius 2 is 1.35 bits per heavy atom. The molecule has 0 aliphatic rings. The van der Waals surface area contributed by atoms with Gasteiger partial charge in [0.1, 0.15) is 16.5 Å². The van der Waals surface area contributed by atoms with Gasteiger partial charge in [0.25, 0.3) is 0 Å². The van der Waals surface area contributed by atoms with E-state index in [1.54, 1.807) is 0 Å². The predicted octanol–water partition coefficient (Wildman–Crippen LogP) is 5.74. The number of carbonyl (C=O) groups excluding carboxylic acids is 1. The van der Waals surface area contributed by atoms with Crippen molar-refractivity contribution in [2.45, 2.75) is 41.1 Å². The van der Waals surface area contributed by atoms with Gasteiger partial charge in [-0.15, -0.1) is 0 Å². The van der Waals surface area contributed by atoms with Gasteiger partial charge in [-0.05, 0) is 49.7 Å². The molecule has 3 aromatic rings. The molecule has 0 radical (unpaired) electrons. The van der Waals surface area contributed by atoms with Crippen molar-refractivity contribution in [3.8, 4) is 0 Å². The highest BCUT2D eigenvalue weighted by molar-refractivity contribution is 7.97. The van der Waals surface area contributed by atoms with Crippen molar-refractivity contribution in [3.05, 3.63) is 90.5 Å². The van der Waals surface area contributed by atoms with Crippen molar-refractivity contribution in [1.82, 2.24) is 0 Å². The normalized spacial score (nSPS) is 12.0. The monoisotopic (exact) mass is 363 g/mol. The van der Waals surface area contributed by atoms with Gasteiger partial charge in [0.2, 0.25) is 0 Å². The summed E-state index contributed by atoms with van der Waals surface area (Å²) in [5.74, 6) is -0.251. The SMILES string of the molecule is CCC(C)OC(=O)c1ccccc1[S+](c1ccccc1)c1ccccc1. The van der Waals surface area contributed by atoms with Crippen LogP contribution in [0.2, 0.25) is 0 Å². The number of hydrogen-bond acceptors (Lipinski definition) is 2. The molecule has 1 atom stereocenters. The van der Waals surface area contributed by atoms with Crippen molar-refractivity contribution >= 4 is 16.9 Å². The number of ether oxygens (including phenoxy) is 1. The second-order valence-electron chi connectivity index (χ2n) is 6.05. The Balaban J connectivity index is 2.10. The van der Waals surface area contributed by atoms with E-state index in [4.69, 9.17) is 4.74 Å². The summed E-state index contributed by atoms with van der Waals surface area (Å²) in [7, 11) is -0.364. The van der Waals surface area contributed by atoms with Gasteiger partial charge in [0.05, 0.1) is 6.10 Å². The first kappa shape index (κ1) is 18.3. The molecular weight excluding hydrogens is 340 g/mol. The molecule has 0 aliphatic heterocycles. The Hall–Kier alpha value is -2.52. The van der Waals surface area contributed by atoms with E-state index in [1.165, 1.54) is 9.79 Å². The Kier molecular flexibility index (Phi) is 6.13. The predicted molar refractivity (Wildman–Crippen MR) is 107 cm³/mol. The summed E-state index contributed by atoms with van der Waals surface area (Å²) < 4.78 is 5.61. The highest BCUT2D eigenvalue weighted by atomic mass is 32.2. The maximum absolute atomic E-state index is 12.8. The molecule has 3 heteroatoms. The minimum atomic E-state index is -0.364. The van der Waals surface area contributed by atoms with Crippen LogP contribution in [0.25, 0.3) is 0 Å². The van der Waals surface area contributed by atoms with E-state index in [2.05, 4.69) is 24.3 Å². The smallest absolute Gasteiger partial charge is 0.343 e. The van der Waals surface area contributed by atoms with E-state index in [9.17, 15) is 4.79 Å². The molecule has 2 nitrogen and oxygen atoms in total. The number of carbonyl (C=O) groups is 1. The van der Waals surface area contributed by atoms with Crippen LogP contribution in [0, 0.1) is 0 Å². The number of rotatable bonds is 6. The minimum absolute atomic E-state index is 0.0919. The van der Waals surface area contributed by atoms with Crippen LogP contribution in [-0.4, -0.2) is 12.1 Å². The standard InChI is InChI=1S/C23H23O2S/c1-3-18(2)25-23(24)21-16-10-11-17-22(21)26(19-12-6-4-7-13-19)20-14-8-5-9-15-20/h4-18H,3H2,1-2H3/q+1. The van der Waals surface area contributed by atoms with Crippen molar-refractivity contribution in [2.75, 3.05) is 0 Å². The second kappa shape index (κ2) is 8.72. The van der Waals surface area contributed by atoms with Crippen LogP contribution in [-0.2, 0) is 15.6 Å². The molecule has 0 saturated carbocycles. The molecule has 0 heterocycles. The molecule has 3 rings (SSSR count). The molecule has 1 unspecified atom stereocenters. The molecular formula is C23H23O2S+. The lowest BCUT2D eigenvalue weighted by atomic mass is 10.2. The van der Waals surface area contributed by atoms with Gasteiger partial charge in [-0.25, -0.2) is 4.79 Å². The molecule has 26 heavy (non-hydrogen) atoms. The Bertz CT molecular complexity index is 807. The van der Waals surface area contributed by atoms with E-state index in [0.717, 1.165) is 11.3 Å². The Morgan fingerprint density at radius 1 is 0.846 bits per heavy atom. The fourth-order valence-corrected chi connectivity index (χ4v) is 4.87. The Labute approximate surface area is 158 Å². The van der Waals surface area contributed by atoms with Gasteiger partial charge in [-0.1, -0.05) is 55.5 Å². The molecule has 0 saturated heterocycles. The van der Waals surface area contributed by atoms with Crippen molar-refractivity contribution in [3.63, 3.8) is 0 Å². The summed E-state index contributed by atoms with van der Waals surface area (Å²) >= 11 is 0. The van der Waals surface area contributed by atoms with Crippen LogP contribution in [0.15, 0.2) is 99.6 Å². The summed E-state index contributed by atoms with van der Waals surface area (Å²) in [6.07, 6.45) is 0.711. The first-order valence-electron chi connectivity index (χ1n) is 8.85. The van der Waals surface area contributed by atoms with Gasteiger partial charge in [-0.2, -0.15) is 0 Å². The van der Waals surface area contributed by atoms with E-state index in [-0.39, 0.29) is 23.0 Å². The van der Waals surface area contributed by atoms with E-state index in [0.29, 0.717) is 5.56 Å². The second-order valence-corrected chi connectivity index (χ2v) is 8.05. The van der Waals surface area contributed by atoms with E-state index >= 15 is 0 Å². The van der Waals surface area contributed by atoms with E-state index < -0.39 is 0 Å². The molecule has 0 N–H and O–H groups in total. The lowest BCUT2D eigenvalue weighted by Crippen LogP contribution is -2.17. The minimum Gasteiger partial charge on any atom is -0.459 e. The molecule has 0 fully saturated rings. The highest BCUT2D eigenvalue weighted by Gasteiger charge is 2.33. The summed E-state index contributed by atoms with van der Waals surface area (Å²) in [6, 6.07) is 28.4. The summed E-state index contributed by atoms with van der Waals surface area (Å²) in [6.45, 7) is 3.94. The van der Waals surface area contributed by atoms with Gasteiger partial charge in [0, 0.05) is 0 Å². The zero-order valence-corrected chi connectivity index (χ0v) is 15.9. The van der Waals surface area contributed by atoms with Crippen LogP contribution < -0.4 is 0 Å². The van der Waals surface area contributed by atoms with Gasteiger partial charge in [-0.3, -0.25) is 0 Å². The number of esters is 1. The maximum atomic E-state index is 12.8. The molecule has 0 aromatic heterocycles. The highest BCUT2D eigenvalue weighted by Crippen LogP contribution is 2.33. The zero-order chi connectivity index (χ0) is 18.4. The fraction of sp³-hybridized carbons (Fsp3) is 0.174.